The van der Waals surface area contributed by atoms with Crippen molar-refractivity contribution in [2.45, 2.75) is 13.3 Å². The first-order chi connectivity index (χ1) is 14.5. The average molecular weight is 406 g/mol. The van der Waals surface area contributed by atoms with Gasteiger partial charge in [-0.05, 0) is 42.5 Å². The van der Waals surface area contributed by atoms with Crippen molar-refractivity contribution in [2.75, 3.05) is 50.1 Å². The minimum absolute atomic E-state index is 0.0949. The van der Waals surface area contributed by atoms with E-state index < -0.39 is 0 Å². The summed E-state index contributed by atoms with van der Waals surface area (Å²) >= 11 is 0. The first-order valence-corrected chi connectivity index (χ1v) is 10.3. The lowest BCUT2D eigenvalue weighted by Gasteiger charge is -2.36. The second-order valence-electron chi connectivity index (χ2n) is 7.64. The van der Waals surface area contributed by atoms with E-state index in [2.05, 4.69) is 27.2 Å². The Labute approximate surface area is 176 Å². The van der Waals surface area contributed by atoms with Crippen LogP contribution in [-0.2, 0) is 6.42 Å². The van der Waals surface area contributed by atoms with E-state index in [-0.39, 0.29) is 5.91 Å². The van der Waals surface area contributed by atoms with Gasteiger partial charge in [0.1, 0.15) is 0 Å². The summed E-state index contributed by atoms with van der Waals surface area (Å²) in [6, 6.07) is 16.0. The Morgan fingerprint density at radius 2 is 1.80 bits per heavy atom. The maximum atomic E-state index is 12.9. The van der Waals surface area contributed by atoms with Crippen LogP contribution in [0.15, 0.2) is 53.1 Å². The number of aryl methyl sites for hydroxylation is 1. The van der Waals surface area contributed by atoms with Crippen LogP contribution in [0.4, 0.5) is 11.4 Å². The van der Waals surface area contributed by atoms with E-state index in [1.54, 1.807) is 0 Å². The van der Waals surface area contributed by atoms with Crippen LogP contribution in [0, 0.1) is 0 Å². The molecular formula is C23H27N5O2. The van der Waals surface area contributed by atoms with Crippen molar-refractivity contribution in [1.82, 2.24) is 15.0 Å². The molecule has 1 aliphatic rings. The van der Waals surface area contributed by atoms with Gasteiger partial charge in [0.05, 0.1) is 0 Å². The second-order valence-corrected chi connectivity index (χ2v) is 7.64. The molecule has 2 heterocycles. The molecule has 0 bridgehead atoms. The van der Waals surface area contributed by atoms with Crippen LogP contribution >= 0.6 is 0 Å². The zero-order valence-corrected chi connectivity index (χ0v) is 17.7. The number of benzene rings is 2. The Morgan fingerprint density at radius 1 is 1.07 bits per heavy atom. The molecule has 1 aliphatic heterocycles. The molecule has 4 rings (SSSR count). The summed E-state index contributed by atoms with van der Waals surface area (Å²) in [4.78, 5) is 23.5. The SMILES string of the molecule is CCc1nc(-c2ccc(N3CCN(C(=O)c4cccc(N(C)C)c4)CC3)cc2)no1. The Bertz CT molecular complexity index is 1000. The minimum Gasteiger partial charge on any atom is -0.378 e. The van der Waals surface area contributed by atoms with Crippen LogP contribution in [0.2, 0.25) is 0 Å². The molecule has 30 heavy (non-hydrogen) atoms. The van der Waals surface area contributed by atoms with E-state index in [1.807, 2.05) is 67.2 Å². The third kappa shape index (κ3) is 4.15. The van der Waals surface area contributed by atoms with E-state index in [0.29, 0.717) is 24.8 Å². The number of rotatable bonds is 5. The van der Waals surface area contributed by atoms with Crippen LogP contribution in [0.3, 0.4) is 0 Å². The van der Waals surface area contributed by atoms with Crippen molar-refractivity contribution < 1.29 is 9.32 Å². The van der Waals surface area contributed by atoms with Crippen LogP contribution in [0.25, 0.3) is 11.4 Å². The third-order valence-corrected chi connectivity index (χ3v) is 5.44. The lowest BCUT2D eigenvalue weighted by atomic mass is 10.1. The molecule has 1 amide bonds. The smallest absolute Gasteiger partial charge is 0.254 e. The zero-order valence-electron chi connectivity index (χ0n) is 17.7. The molecule has 1 aromatic heterocycles. The predicted octanol–water partition coefficient (Wildman–Crippen LogP) is 3.33. The number of piperazine rings is 1. The average Bonchev–Trinajstić information content (AvgIpc) is 3.28. The number of carbonyl (C=O) groups excluding carboxylic acids is 1. The molecule has 0 unspecified atom stereocenters. The fourth-order valence-electron chi connectivity index (χ4n) is 3.60. The van der Waals surface area contributed by atoms with E-state index in [0.717, 1.165) is 42.0 Å². The molecule has 0 atom stereocenters. The summed E-state index contributed by atoms with van der Waals surface area (Å²) in [6.45, 7) is 5.01. The molecule has 2 aromatic carbocycles. The summed E-state index contributed by atoms with van der Waals surface area (Å²) in [5, 5.41) is 4.03. The van der Waals surface area contributed by atoms with Crippen molar-refractivity contribution >= 4 is 17.3 Å². The summed E-state index contributed by atoms with van der Waals surface area (Å²) in [5.74, 6) is 1.36. The quantitative estimate of drug-likeness (QED) is 0.649. The van der Waals surface area contributed by atoms with E-state index >= 15 is 0 Å². The molecule has 0 aliphatic carbocycles. The molecule has 1 saturated heterocycles. The van der Waals surface area contributed by atoms with Crippen LogP contribution < -0.4 is 9.80 Å². The van der Waals surface area contributed by atoms with E-state index in [4.69, 9.17) is 4.52 Å². The molecule has 7 heteroatoms. The number of nitrogens with zero attached hydrogens (tertiary/aromatic N) is 5. The van der Waals surface area contributed by atoms with Gasteiger partial charge in [-0.25, -0.2) is 0 Å². The topological polar surface area (TPSA) is 65.7 Å². The molecule has 1 fully saturated rings. The Hall–Kier alpha value is -3.35. The highest BCUT2D eigenvalue weighted by molar-refractivity contribution is 5.95. The fourth-order valence-corrected chi connectivity index (χ4v) is 3.60. The summed E-state index contributed by atoms with van der Waals surface area (Å²) in [5.41, 5.74) is 3.86. The van der Waals surface area contributed by atoms with Crippen LogP contribution in [0.5, 0.6) is 0 Å². The van der Waals surface area contributed by atoms with Gasteiger partial charge >= 0.3 is 0 Å². The normalized spacial score (nSPS) is 14.1. The molecule has 7 nitrogen and oxygen atoms in total. The summed E-state index contributed by atoms with van der Waals surface area (Å²) < 4.78 is 5.19. The van der Waals surface area contributed by atoms with Gasteiger partial charge in [0.25, 0.3) is 5.91 Å². The van der Waals surface area contributed by atoms with Gasteiger partial charge in [-0.15, -0.1) is 0 Å². The van der Waals surface area contributed by atoms with Crippen molar-refractivity contribution in [3.8, 4) is 11.4 Å². The number of amides is 1. The van der Waals surface area contributed by atoms with Gasteiger partial charge in [-0.2, -0.15) is 4.98 Å². The molecule has 156 valence electrons. The van der Waals surface area contributed by atoms with Crippen molar-refractivity contribution in [2.24, 2.45) is 0 Å². The van der Waals surface area contributed by atoms with Crippen molar-refractivity contribution in [1.29, 1.82) is 0 Å². The van der Waals surface area contributed by atoms with Gasteiger partial charge in [-0.1, -0.05) is 18.1 Å². The largest absolute Gasteiger partial charge is 0.378 e. The number of hydrogen-bond acceptors (Lipinski definition) is 6. The molecule has 0 radical (unpaired) electrons. The minimum atomic E-state index is 0.0949. The summed E-state index contributed by atoms with van der Waals surface area (Å²) in [6.07, 6.45) is 0.730. The first kappa shape index (κ1) is 19.9. The Morgan fingerprint density at radius 3 is 2.43 bits per heavy atom. The molecule has 0 N–H and O–H groups in total. The number of hydrogen-bond donors (Lipinski definition) is 0. The predicted molar refractivity (Wildman–Crippen MR) is 118 cm³/mol. The third-order valence-electron chi connectivity index (χ3n) is 5.44. The van der Waals surface area contributed by atoms with E-state index in [1.165, 1.54) is 0 Å². The van der Waals surface area contributed by atoms with Crippen molar-refractivity contribution in [3.05, 3.63) is 60.0 Å². The Kier molecular flexibility index (Phi) is 5.70. The van der Waals surface area contributed by atoms with Gasteiger partial charge in [0.2, 0.25) is 11.7 Å². The maximum absolute atomic E-state index is 12.9. The van der Waals surface area contributed by atoms with Gasteiger partial charge in [-0.3, -0.25) is 4.79 Å². The molecule has 0 spiro atoms. The molecule has 3 aromatic rings. The van der Waals surface area contributed by atoms with Crippen LogP contribution in [0.1, 0.15) is 23.2 Å². The van der Waals surface area contributed by atoms with Gasteiger partial charge in [0.15, 0.2) is 0 Å². The highest BCUT2D eigenvalue weighted by Gasteiger charge is 2.22. The standard InChI is InChI=1S/C23H27N5O2/c1-4-21-24-22(25-30-21)17-8-10-19(11-9-17)27-12-14-28(15-13-27)23(29)18-6-5-7-20(16-18)26(2)3/h5-11,16H,4,12-15H2,1-3H3. The Balaban J connectivity index is 1.38. The second kappa shape index (κ2) is 8.57. The first-order valence-electron chi connectivity index (χ1n) is 10.3. The molecule has 0 saturated carbocycles. The lowest BCUT2D eigenvalue weighted by Crippen LogP contribution is -2.48. The van der Waals surface area contributed by atoms with Gasteiger partial charge < -0.3 is 19.2 Å². The highest BCUT2D eigenvalue weighted by atomic mass is 16.5. The van der Waals surface area contributed by atoms with Crippen LogP contribution in [-0.4, -0.2) is 61.2 Å². The lowest BCUT2D eigenvalue weighted by molar-refractivity contribution is 0.0747. The fraction of sp³-hybridized carbons (Fsp3) is 0.348. The zero-order chi connectivity index (χ0) is 21.1. The summed E-state index contributed by atoms with van der Waals surface area (Å²) in [7, 11) is 3.96. The molecular weight excluding hydrogens is 378 g/mol. The highest BCUT2D eigenvalue weighted by Crippen LogP contribution is 2.23. The van der Waals surface area contributed by atoms with Crippen molar-refractivity contribution in [3.63, 3.8) is 0 Å². The van der Waals surface area contributed by atoms with E-state index in [9.17, 15) is 4.79 Å². The number of carbonyl (C=O) groups is 1. The van der Waals surface area contributed by atoms with Gasteiger partial charge in [0, 0.05) is 69.2 Å². The number of anilines is 2. The maximum Gasteiger partial charge on any atom is 0.254 e. The monoisotopic (exact) mass is 405 g/mol. The number of aromatic nitrogens is 2.